The fraction of sp³-hybridized carbons (Fsp3) is 0.400. The summed E-state index contributed by atoms with van der Waals surface area (Å²) >= 11 is 12.9. The van der Waals surface area contributed by atoms with Gasteiger partial charge in [0.05, 0.1) is 15.7 Å². The standard InChI is InChI=1S/C20H23Cl2N3O2/c1-2-14-15(16-9-19(25-12-26)23-11-18(16)22)3-4-17(21)20(14)24-10-13-5-7-27-8-6-13/h3-4,9,11-13,24H,2,5-8,10H2,1H3,(H,23,25,26). The molecule has 2 heterocycles. The van der Waals surface area contributed by atoms with Crippen LogP contribution in [0.25, 0.3) is 11.1 Å². The molecule has 1 fully saturated rings. The van der Waals surface area contributed by atoms with Crippen LogP contribution in [-0.4, -0.2) is 31.2 Å². The smallest absolute Gasteiger partial charge is 0.212 e. The summed E-state index contributed by atoms with van der Waals surface area (Å²) in [7, 11) is 0. The molecule has 1 aromatic carbocycles. The first-order valence-electron chi connectivity index (χ1n) is 9.13. The zero-order valence-electron chi connectivity index (χ0n) is 15.2. The Hall–Kier alpha value is -1.82. The van der Waals surface area contributed by atoms with E-state index in [1.807, 2.05) is 12.1 Å². The summed E-state index contributed by atoms with van der Waals surface area (Å²) < 4.78 is 5.44. The lowest BCUT2D eigenvalue weighted by Crippen LogP contribution is -2.23. The number of hydrogen-bond donors (Lipinski definition) is 2. The molecule has 5 nitrogen and oxygen atoms in total. The Labute approximate surface area is 169 Å². The van der Waals surface area contributed by atoms with Crippen molar-refractivity contribution in [2.45, 2.75) is 26.2 Å². The number of amides is 1. The first-order chi connectivity index (χ1) is 13.1. The fourth-order valence-corrected chi connectivity index (χ4v) is 3.86. The molecule has 0 radical (unpaired) electrons. The molecule has 3 rings (SSSR count). The van der Waals surface area contributed by atoms with Crippen LogP contribution in [0, 0.1) is 5.92 Å². The highest BCUT2D eigenvalue weighted by molar-refractivity contribution is 6.34. The Morgan fingerprint density at radius 3 is 2.70 bits per heavy atom. The molecule has 144 valence electrons. The summed E-state index contributed by atoms with van der Waals surface area (Å²) in [5, 5.41) is 7.35. The minimum Gasteiger partial charge on any atom is -0.383 e. The summed E-state index contributed by atoms with van der Waals surface area (Å²) in [5.74, 6) is 1.04. The minimum atomic E-state index is 0.457. The van der Waals surface area contributed by atoms with Gasteiger partial charge in [-0.2, -0.15) is 0 Å². The topological polar surface area (TPSA) is 63.2 Å². The molecule has 0 saturated carbocycles. The number of ether oxygens (including phenoxy) is 1. The van der Waals surface area contributed by atoms with E-state index in [4.69, 9.17) is 27.9 Å². The number of carbonyl (C=O) groups is 1. The number of anilines is 2. The first-order valence-corrected chi connectivity index (χ1v) is 9.88. The molecule has 0 spiro atoms. The summed E-state index contributed by atoms with van der Waals surface area (Å²) in [6.45, 7) is 4.59. The predicted octanol–water partition coefficient (Wildman–Crippen LogP) is 5.02. The van der Waals surface area contributed by atoms with E-state index in [0.29, 0.717) is 28.2 Å². The molecular formula is C20H23Cl2N3O2. The van der Waals surface area contributed by atoms with E-state index in [2.05, 4.69) is 22.5 Å². The van der Waals surface area contributed by atoms with E-state index in [1.54, 1.807) is 12.3 Å². The third-order valence-electron chi connectivity index (χ3n) is 4.88. The lowest BCUT2D eigenvalue weighted by Gasteiger charge is -2.24. The summed E-state index contributed by atoms with van der Waals surface area (Å²) in [6, 6.07) is 5.63. The molecule has 2 N–H and O–H groups in total. The van der Waals surface area contributed by atoms with Crippen molar-refractivity contribution in [1.82, 2.24) is 4.98 Å². The van der Waals surface area contributed by atoms with Gasteiger partial charge >= 0.3 is 0 Å². The molecule has 0 unspecified atom stereocenters. The molecular weight excluding hydrogens is 385 g/mol. The second-order valence-electron chi connectivity index (χ2n) is 6.55. The van der Waals surface area contributed by atoms with Gasteiger partial charge in [-0.1, -0.05) is 36.2 Å². The Kier molecular flexibility index (Phi) is 6.94. The Morgan fingerprint density at radius 2 is 2.00 bits per heavy atom. The number of hydrogen-bond acceptors (Lipinski definition) is 4. The second kappa shape index (κ2) is 9.40. The van der Waals surface area contributed by atoms with Gasteiger partial charge in [0.25, 0.3) is 0 Å². The Morgan fingerprint density at radius 1 is 1.22 bits per heavy atom. The maximum Gasteiger partial charge on any atom is 0.212 e. The highest BCUT2D eigenvalue weighted by atomic mass is 35.5. The number of benzene rings is 1. The normalized spacial score (nSPS) is 14.8. The number of aromatic nitrogens is 1. The van der Waals surface area contributed by atoms with E-state index in [0.717, 1.165) is 61.4 Å². The fourth-order valence-electron chi connectivity index (χ4n) is 3.41. The summed E-state index contributed by atoms with van der Waals surface area (Å²) in [5.41, 5.74) is 3.84. The van der Waals surface area contributed by atoms with Crippen molar-refractivity contribution >= 4 is 41.1 Å². The molecule has 27 heavy (non-hydrogen) atoms. The van der Waals surface area contributed by atoms with Crippen molar-refractivity contribution in [2.75, 3.05) is 30.4 Å². The number of nitrogens with one attached hydrogen (secondary N) is 2. The van der Waals surface area contributed by atoms with Crippen molar-refractivity contribution in [3.63, 3.8) is 0 Å². The molecule has 1 aliphatic rings. The van der Waals surface area contributed by atoms with E-state index in [-0.39, 0.29) is 0 Å². The average Bonchev–Trinajstić information content (AvgIpc) is 2.69. The second-order valence-corrected chi connectivity index (χ2v) is 7.36. The van der Waals surface area contributed by atoms with E-state index in [1.165, 1.54) is 0 Å². The van der Waals surface area contributed by atoms with Crippen LogP contribution in [0.15, 0.2) is 24.4 Å². The molecule has 1 saturated heterocycles. The molecule has 1 aliphatic heterocycles. The summed E-state index contributed by atoms with van der Waals surface area (Å²) in [6.07, 6.45) is 5.06. The van der Waals surface area contributed by atoms with Crippen LogP contribution >= 0.6 is 23.2 Å². The SMILES string of the molecule is CCc1c(-c2cc(NC=O)ncc2Cl)ccc(Cl)c1NCC1CCOCC1. The third-order valence-corrected chi connectivity index (χ3v) is 5.49. The largest absolute Gasteiger partial charge is 0.383 e. The lowest BCUT2D eigenvalue weighted by atomic mass is 9.95. The van der Waals surface area contributed by atoms with Gasteiger partial charge in [-0.05, 0) is 48.4 Å². The van der Waals surface area contributed by atoms with Crippen LogP contribution in [0.5, 0.6) is 0 Å². The molecule has 1 amide bonds. The van der Waals surface area contributed by atoms with Crippen molar-refractivity contribution in [3.05, 3.63) is 40.0 Å². The first kappa shape index (κ1) is 19.9. The van der Waals surface area contributed by atoms with Crippen LogP contribution in [0.4, 0.5) is 11.5 Å². The van der Waals surface area contributed by atoms with Crippen molar-refractivity contribution in [1.29, 1.82) is 0 Å². The van der Waals surface area contributed by atoms with Gasteiger partial charge in [0.2, 0.25) is 6.41 Å². The molecule has 0 atom stereocenters. The molecule has 0 aliphatic carbocycles. The van der Waals surface area contributed by atoms with Crippen LogP contribution in [-0.2, 0) is 16.0 Å². The number of pyridine rings is 1. The molecule has 1 aromatic heterocycles. The van der Waals surface area contributed by atoms with Gasteiger partial charge in [0.15, 0.2) is 0 Å². The van der Waals surface area contributed by atoms with Crippen molar-refractivity contribution in [3.8, 4) is 11.1 Å². The predicted molar refractivity (Wildman–Crippen MR) is 111 cm³/mol. The van der Waals surface area contributed by atoms with E-state index >= 15 is 0 Å². The van der Waals surface area contributed by atoms with Crippen molar-refractivity contribution in [2.24, 2.45) is 5.92 Å². The summed E-state index contributed by atoms with van der Waals surface area (Å²) in [4.78, 5) is 14.9. The van der Waals surface area contributed by atoms with Crippen LogP contribution in [0.1, 0.15) is 25.3 Å². The van der Waals surface area contributed by atoms with Gasteiger partial charge in [0.1, 0.15) is 5.82 Å². The van der Waals surface area contributed by atoms with Gasteiger partial charge in [-0.25, -0.2) is 4.98 Å². The zero-order valence-corrected chi connectivity index (χ0v) is 16.7. The van der Waals surface area contributed by atoms with E-state index in [9.17, 15) is 4.79 Å². The van der Waals surface area contributed by atoms with Crippen LogP contribution in [0.3, 0.4) is 0 Å². The highest BCUT2D eigenvalue weighted by Gasteiger charge is 2.18. The molecule has 0 bridgehead atoms. The van der Waals surface area contributed by atoms with Crippen LogP contribution in [0.2, 0.25) is 10.0 Å². The highest BCUT2D eigenvalue weighted by Crippen LogP contribution is 2.38. The van der Waals surface area contributed by atoms with Gasteiger partial charge < -0.3 is 15.4 Å². The van der Waals surface area contributed by atoms with Crippen LogP contribution < -0.4 is 10.6 Å². The lowest BCUT2D eigenvalue weighted by molar-refractivity contribution is -0.105. The van der Waals surface area contributed by atoms with Gasteiger partial charge in [-0.15, -0.1) is 0 Å². The van der Waals surface area contributed by atoms with Crippen molar-refractivity contribution < 1.29 is 9.53 Å². The number of nitrogens with zero attached hydrogens (tertiary/aromatic N) is 1. The number of halogens is 2. The molecule has 7 heteroatoms. The molecule has 2 aromatic rings. The Balaban J connectivity index is 1.94. The average molecular weight is 408 g/mol. The maximum atomic E-state index is 10.7. The zero-order chi connectivity index (χ0) is 19.2. The van der Waals surface area contributed by atoms with E-state index < -0.39 is 0 Å². The third kappa shape index (κ3) is 4.72. The maximum absolute atomic E-state index is 10.7. The van der Waals surface area contributed by atoms with Gasteiger partial charge in [0, 0.05) is 31.5 Å². The number of rotatable bonds is 7. The Bertz CT molecular complexity index is 808. The quantitative estimate of drug-likeness (QED) is 0.632. The number of carbonyl (C=O) groups excluding carboxylic acids is 1. The van der Waals surface area contributed by atoms with Gasteiger partial charge in [-0.3, -0.25) is 4.79 Å². The monoisotopic (exact) mass is 407 g/mol. The minimum absolute atomic E-state index is 0.457.